The van der Waals surface area contributed by atoms with Crippen LogP contribution in [0.1, 0.15) is 31.2 Å². The van der Waals surface area contributed by atoms with E-state index in [2.05, 4.69) is 23.5 Å². The molecule has 1 aromatic carbocycles. The van der Waals surface area contributed by atoms with Crippen molar-refractivity contribution in [2.24, 2.45) is 0 Å². The van der Waals surface area contributed by atoms with E-state index < -0.39 is 5.60 Å². The van der Waals surface area contributed by atoms with Gasteiger partial charge in [0.05, 0.1) is 12.7 Å². The molecule has 3 nitrogen and oxygen atoms in total. The minimum Gasteiger partial charge on any atom is -0.497 e. The highest BCUT2D eigenvalue weighted by atomic mass is 32.2. The lowest BCUT2D eigenvalue weighted by Gasteiger charge is -2.38. The van der Waals surface area contributed by atoms with Crippen LogP contribution in [0.3, 0.4) is 0 Å². The van der Waals surface area contributed by atoms with E-state index >= 15 is 0 Å². The van der Waals surface area contributed by atoms with Gasteiger partial charge in [0.15, 0.2) is 0 Å². The molecule has 0 saturated heterocycles. The fourth-order valence-electron chi connectivity index (χ4n) is 2.68. The molecule has 2 rings (SSSR count). The Morgan fingerprint density at radius 3 is 2.85 bits per heavy atom. The zero-order valence-corrected chi connectivity index (χ0v) is 13.4. The van der Waals surface area contributed by atoms with Crippen molar-refractivity contribution in [3.05, 3.63) is 29.8 Å². The van der Waals surface area contributed by atoms with Crippen molar-refractivity contribution in [1.29, 1.82) is 0 Å². The van der Waals surface area contributed by atoms with Crippen LogP contribution in [0.15, 0.2) is 24.3 Å². The van der Waals surface area contributed by atoms with Crippen molar-refractivity contribution in [3.63, 3.8) is 0 Å². The van der Waals surface area contributed by atoms with Crippen LogP contribution in [-0.4, -0.2) is 42.4 Å². The standard InChI is InChI=1S/C16H25NO2S/c1-16(18,11-20-3)10-17-14-7-13(8-14)12-5-4-6-15(9-12)19-2/h4-6,9,13-14,17-18H,7-8,10-11H2,1-3H3. The highest BCUT2D eigenvalue weighted by Gasteiger charge is 2.31. The molecule has 0 bridgehead atoms. The second kappa shape index (κ2) is 6.83. The number of hydrogen-bond acceptors (Lipinski definition) is 4. The Morgan fingerprint density at radius 2 is 2.20 bits per heavy atom. The van der Waals surface area contributed by atoms with Crippen molar-refractivity contribution in [2.45, 2.75) is 37.3 Å². The first-order valence-electron chi connectivity index (χ1n) is 7.13. The predicted molar refractivity (Wildman–Crippen MR) is 85.8 cm³/mol. The molecule has 1 aliphatic rings. The van der Waals surface area contributed by atoms with Gasteiger partial charge in [-0.25, -0.2) is 0 Å². The summed E-state index contributed by atoms with van der Waals surface area (Å²) < 4.78 is 5.27. The SMILES string of the molecule is COc1cccc(C2CC(NCC(C)(O)CSC)C2)c1. The van der Waals surface area contributed by atoms with Gasteiger partial charge in [-0.05, 0) is 49.6 Å². The molecule has 0 amide bonds. The molecule has 1 atom stereocenters. The lowest BCUT2D eigenvalue weighted by atomic mass is 9.75. The van der Waals surface area contributed by atoms with E-state index in [0.717, 1.165) is 24.3 Å². The van der Waals surface area contributed by atoms with Crippen molar-refractivity contribution < 1.29 is 9.84 Å². The van der Waals surface area contributed by atoms with Gasteiger partial charge in [-0.1, -0.05) is 12.1 Å². The lowest BCUT2D eigenvalue weighted by Crippen LogP contribution is -2.48. The summed E-state index contributed by atoms with van der Waals surface area (Å²) in [7, 11) is 1.71. The Labute approximate surface area is 126 Å². The number of methoxy groups -OCH3 is 1. The molecule has 1 unspecified atom stereocenters. The van der Waals surface area contributed by atoms with E-state index in [1.165, 1.54) is 5.56 Å². The first kappa shape index (κ1) is 15.7. The van der Waals surface area contributed by atoms with E-state index in [1.807, 2.05) is 19.2 Å². The van der Waals surface area contributed by atoms with Gasteiger partial charge in [0.1, 0.15) is 5.75 Å². The number of nitrogens with one attached hydrogen (secondary N) is 1. The van der Waals surface area contributed by atoms with Crippen LogP contribution < -0.4 is 10.1 Å². The maximum absolute atomic E-state index is 10.1. The van der Waals surface area contributed by atoms with Gasteiger partial charge in [-0.3, -0.25) is 0 Å². The summed E-state index contributed by atoms with van der Waals surface area (Å²) in [6.45, 7) is 2.57. The summed E-state index contributed by atoms with van der Waals surface area (Å²) in [5.74, 6) is 2.32. The molecule has 1 aliphatic carbocycles. The smallest absolute Gasteiger partial charge is 0.119 e. The number of ether oxygens (including phenoxy) is 1. The summed E-state index contributed by atoms with van der Waals surface area (Å²) >= 11 is 1.68. The molecular weight excluding hydrogens is 270 g/mol. The second-order valence-electron chi connectivity index (χ2n) is 5.95. The Bertz CT molecular complexity index is 430. The first-order valence-corrected chi connectivity index (χ1v) is 8.52. The first-order chi connectivity index (χ1) is 9.54. The molecule has 0 spiro atoms. The fourth-order valence-corrected chi connectivity index (χ4v) is 3.40. The van der Waals surface area contributed by atoms with Gasteiger partial charge >= 0.3 is 0 Å². The van der Waals surface area contributed by atoms with Crippen LogP contribution in [0.25, 0.3) is 0 Å². The van der Waals surface area contributed by atoms with Crippen LogP contribution in [0.2, 0.25) is 0 Å². The minimum absolute atomic E-state index is 0.527. The number of hydrogen-bond donors (Lipinski definition) is 2. The molecule has 20 heavy (non-hydrogen) atoms. The third-order valence-electron chi connectivity index (χ3n) is 3.93. The average molecular weight is 295 g/mol. The summed E-state index contributed by atoms with van der Waals surface area (Å²) in [4.78, 5) is 0. The van der Waals surface area contributed by atoms with Crippen LogP contribution in [-0.2, 0) is 0 Å². The maximum Gasteiger partial charge on any atom is 0.119 e. The molecule has 0 aromatic heterocycles. The third kappa shape index (κ3) is 4.14. The molecule has 0 aliphatic heterocycles. The Hall–Kier alpha value is -0.710. The van der Waals surface area contributed by atoms with Gasteiger partial charge in [0, 0.05) is 18.3 Å². The van der Waals surface area contributed by atoms with Crippen molar-refractivity contribution in [3.8, 4) is 5.75 Å². The van der Waals surface area contributed by atoms with Crippen molar-refractivity contribution in [1.82, 2.24) is 5.32 Å². The highest BCUT2D eigenvalue weighted by Crippen LogP contribution is 2.38. The van der Waals surface area contributed by atoms with Crippen LogP contribution in [0.5, 0.6) is 5.75 Å². The zero-order valence-electron chi connectivity index (χ0n) is 12.6. The number of thioether (sulfide) groups is 1. The van der Waals surface area contributed by atoms with Gasteiger partial charge in [0.25, 0.3) is 0 Å². The number of benzene rings is 1. The van der Waals surface area contributed by atoms with Gasteiger partial charge in [0.2, 0.25) is 0 Å². The zero-order chi connectivity index (χ0) is 14.6. The predicted octanol–water partition coefficient (Wildman–Crippen LogP) is 2.64. The van der Waals surface area contributed by atoms with E-state index in [9.17, 15) is 5.11 Å². The van der Waals surface area contributed by atoms with E-state index in [4.69, 9.17) is 4.74 Å². The number of aliphatic hydroxyl groups is 1. The average Bonchev–Trinajstić information content (AvgIpc) is 2.37. The van der Waals surface area contributed by atoms with Gasteiger partial charge in [-0.15, -0.1) is 0 Å². The van der Waals surface area contributed by atoms with E-state index in [0.29, 0.717) is 18.5 Å². The Kier molecular flexibility index (Phi) is 5.35. The fraction of sp³-hybridized carbons (Fsp3) is 0.625. The monoisotopic (exact) mass is 295 g/mol. The number of rotatable bonds is 7. The van der Waals surface area contributed by atoms with Crippen LogP contribution in [0.4, 0.5) is 0 Å². The quantitative estimate of drug-likeness (QED) is 0.811. The molecule has 0 heterocycles. The summed E-state index contributed by atoms with van der Waals surface area (Å²) in [6.07, 6.45) is 4.31. The largest absolute Gasteiger partial charge is 0.497 e. The highest BCUT2D eigenvalue weighted by molar-refractivity contribution is 7.98. The van der Waals surface area contributed by atoms with Crippen LogP contribution >= 0.6 is 11.8 Å². The van der Waals surface area contributed by atoms with Crippen molar-refractivity contribution >= 4 is 11.8 Å². The summed E-state index contributed by atoms with van der Waals surface area (Å²) in [6, 6.07) is 8.87. The van der Waals surface area contributed by atoms with E-state index in [1.54, 1.807) is 18.9 Å². The third-order valence-corrected chi connectivity index (χ3v) is 4.84. The molecular formula is C16H25NO2S. The molecule has 4 heteroatoms. The molecule has 1 aromatic rings. The van der Waals surface area contributed by atoms with Crippen molar-refractivity contribution in [2.75, 3.05) is 25.7 Å². The lowest BCUT2D eigenvalue weighted by molar-refractivity contribution is 0.0756. The summed E-state index contributed by atoms with van der Waals surface area (Å²) in [5.41, 5.74) is 0.749. The van der Waals surface area contributed by atoms with E-state index in [-0.39, 0.29) is 0 Å². The molecule has 1 saturated carbocycles. The molecule has 1 fully saturated rings. The Balaban J connectivity index is 1.77. The Morgan fingerprint density at radius 1 is 1.45 bits per heavy atom. The topological polar surface area (TPSA) is 41.5 Å². The minimum atomic E-state index is -0.611. The second-order valence-corrected chi connectivity index (χ2v) is 6.82. The summed E-state index contributed by atoms with van der Waals surface area (Å²) in [5, 5.41) is 13.6. The van der Waals surface area contributed by atoms with Crippen LogP contribution in [0, 0.1) is 0 Å². The maximum atomic E-state index is 10.1. The normalized spacial score (nSPS) is 24.8. The molecule has 2 N–H and O–H groups in total. The van der Waals surface area contributed by atoms with Gasteiger partial charge < -0.3 is 15.2 Å². The molecule has 0 radical (unpaired) electrons. The molecule has 112 valence electrons. The van der Waals surface area contributed by atoms with Gasteiger partial charge in [-0.2, -0.15) is 11.8 Å².